The highest BCUT2D eigenvalue weighted by Gasteiger charge is 2.30. The van der Waals surface area contributed by atoms with Gasteiger partial charge in [0.2, 0.25) is 0 Å². The molecular formula is C9H17NO. The number of rotatable bonds is 1. The SMILES string of the molecule is CC(C)(C)C(=O)[C@H]1CCCN1. The van der Waals surface area contributed by atoms with E-state index in [9.17, 15) is 4.79 Å². The first-order valence-electron chi connectivity index (χ1n) is 4.29. The van der Waals surface area contributed by atoms with E-state index in [2.05, 4.69) is 5.32 Å². The van der Waals surface area contributed by atoms with Crippen molar-refractivity contribution in [2.75, 3.05) is 6.54 Å². The molecule has 1 N–H and O–H groups in total. The van der Waals surface area contributed by atoms with E-state index in [-0.39, 0.29) is 11.5 Å². The van der Waals surface area contributed by atoms with Crippen LogP contribution >= 0.6 is 0 Å². The van der Waals surface area contributed by atoms with E-state index < -0.39 is 0 Å². The van der Waals surface area contributed by atoms with Crippen molar-refractivity contribution in [3.8, 4) is 0 Å². The predicted octanol–water partition coefficient (Wildman–Crippen LogP) is 1.35. The average molecular weight is 155 g/mol. The molecule has 2 nitrogen and oxygen atoms in total. The van der Waals surface area contributed by atoms with Crippen LogP contribution in [0, 0.1) is 5.41 Å². The lowest BCUT2D eigenvalue weighted by Gasteiger charge is -2.21. The Kier molecular flexibility index (Phi) is 2.33. The van der Waals surface area contributed by atoms with Gasteiger partial charge in [-0.1, -0.05) is 20.8 Å². The van der Waals surface area contributed by atoms with E-state index in [4.69, 9.17) is 0 Å². The Hall–Kier alpha value is -0.370. The third-order valence-corrected chi connectivity index (χ3v) is 2.12. The van der Waals surface area contributed by atoms with Crippen molar-refractivity contribution in [3.05, 3.63) is 0 Å². The molecular weight excluding hydrogens is 138 g/mol. The van der Waals surface area contributed by atoms with Crippen LogP contribution in [0.3, 0.4) is 0 Å². The number of hydrogen-bond donors (Lipinski definition) is 1. The van der Waals surface area contributed by atoms with E-state index in [1.807, 2.05) is 20.8 Å². The maximum absolute atomic E-state index is 11.6. The van der Waals surface area contributed by atoms with Gasteiger partial charge < -0.3 is 5.32 Å². The molecule has 0 aliphatic carbocycles. The average Bonchev–Trinajstić information content (AvgIpc) is 2.34. The summed E-state index contributed by atoms with van der Waals surface area (Å²) < 4.78 is 0. The van der Waals surface area contributed by atoms with Crippen molar-refractivity contribution in [2.24, 2.45) is 5.41 Å². The second-order valence-electron chi connectivity index (χ2n) is 4.26. The van der Waals surface area contributed by atoms with Crippen molar-refractivity contribution < 1.29 is 4.79 Å². The Morgan fingerprint density at radius 3 is 2.45 bits per heavy atom. The van der Waals surface area contributed by atoms with Gasteiger partial charge in [0.25, 0.3) is 0 Å². The molecule has 0 saturated carbocycles. The molecule has 0 bridgehead atoms. The van der Waals surface area contributed by atoms with E-state index in [1.165, 1.54) is 0 Å². The maximum Gasteiger partial charge on any atom is 0.155 e. The molecule has 0 aromatic carbocycles. The Morgan fingerprint density at radius 2 is 2.09 bits per heavy atom. The molecule has 1 rings (SSSR count). The zero-order valence-corrected chi connectivity index (χ0v) is 7.61. The molecule has 0 unspecified atom stereocenters. The zero-order chi connectivity index (χ0) is 8.48. The second-order valence-corrected chi connectivity index (χ2v) is 4.26. The van der Waals surface area contributed by atoms with Crippen molar-refractivity contribution in [1.29, 1.82) is 0 Å². The van der Waals surface area contributed by atoms with Gasteiger partial charge in [-0.15, -0.1) is 0 Å². The van der Waals surface area contributed by atoms with Gasteiger partial charge in [0.1, 0.15) is 0 Å². The predicted molar refractivity (Wildman–Crippen MR) is 45.5 cm³/mol. The van der Waals surface area contributed by atoms with Gasteiger partial charge >= 0.3 is 0 Å². The molecule has 1 fully saturated rings. The van der Waals surface area contributed by atoms with Crippen LogP contribution in [0.5, 0.6) is 0 Å². The fourth-order valence-electron chi connectivity index (χ4n) is 1.43. The topological polar surface area (TPSA) is 29.1 Å². The number of nitrogens with one attached hydrogen (secondary N) is 1. The molecule has 0 radical (unpaired) electrons. The van der Waals surface area contributed by atoms with Gasteiger partial charge in [0.05, 0.1) is 6.04 Å². The van der Waals surface area contributed by atoms with Crippen LogP contribution < -0.4 is 5.32 Å². The summed E-state index contributed by atoms with van der Waals surface area (Å²) >= 11 is 0. The molecule has 1 heterocycles. The molecule has 64 valence electrons. The summed E-state index contributed by atoms with van der Waals surface area (Å²) in [7, 11) is 0. The first-order chi connectivity index (χ1) is 5.02. The van der Waals surface area contributed by atoms with Crippen LogP contribution in [0.1, 0.15) is 33.6 Å². The number of carbonyl (C=O) groups excluding carboxylic acids is 1. The maximum atomic E-state index is 11.6. The lowest BCUT2D eigenvalue weighted by atomic mass is 9.86. The summed E-state index contributed by atoms with van der Waals surface area (Å²) in [5.74, 6) is 0.356. The van der Waals surface area contributed by atoms with Crippen LogP contribution in [0.15, 0.2) is 0 Å². The summed E-state index contributed by atoms with van der Waals surface area (Å²) in [6.45, 7) is 6.95. The van der Waals surface area contributed by atoms with Gasteiger partial charge in [-0.25, -0.2) is 0 Å². The van der Waals surface area contributed by atoms with E-state index in [1.54, 1.807) is 0 Å². The van der Waals surface area contributed by atoms with Crippen LogP contribution in [0.4, 0.5) is 0 Å². The van der Waals surface area contributed by atoms with Gasteiger partial charge in [0.15, 0.2) is 5.78 Å². The largest absolute Gasteiger partial charge is 0.307 e. The van der Waals surface area contributed by atoms with Crippen LogP contribution in [0.25, 0.3) is 0 Å². The molecule has 1 saturated heterocycles. The summed E-state index contributed by atoms with van der Waals surface area (Å²) in [6, 6.07) is 0.134. The monoisotopic (exact) mass is 155 g/mol. The van der Waals surface area contributed by atoms with Crippen molar-refractivity contribution in [2.45, 2.75) is 39.7 Å². The Morgan fingerprint density at radius 1 is 1.45 bits per heavy atom. The molecule has 2 heteroatoms. The third-order valence-electron chi connectivity index (χ3n) is 2.12. The molecule has 0 amide bonds. The van der Waals surface area contributed by atoms with Crippen LogP contribution in [0.2, 0.25) is 0 Å². The Bertz CT molecular complexity index is 151. The highest BCUT2D eigenvalue weighted by atomic mass is 16.1. The molecule has 1 aliphatic heterocycles. The standard InChI is InChI=1S/C9H17NO/c1-9(2,3)8(11)7-5-4-6-10-7/h7,10H,4-6H2,1-3H3/t7-/m1/s1. The summed E-state index contributed by atoms with van der Waals surface area (Å²) in [6.07, 6.45) is 2.17. The number of carbonyl (C=O) groups is 1. The van der Waals surface area contributed by atoms with Gasteiger partial charge in [-0.2, -0.15) is 0 Å². The highest BCUT2D eigenvalue weighted by molar-refractivity contribution is 5.88. The normalized spacial score (nSPS) is 25.5. The zero-order valence-electron chi connectivity index (χ0n) is 7.61. The minimum Gasteiger partial charge on any atom is -0.307 e. The summed E-state index contributed by atoms with van der Waals surface area (Å²) in [4.78, 5) is 11.6. The quantitative estimate of drug-likeness (QED) is 0.619. The molecule has 1 atom stereocenters. The van der Waals surface area contributed by atoms with Crippen molar-refractivity contribution in [3.63, 3.8) is 0 Å². The van der Waals surface area contributed by atoms with Gasteiger partial charge in [-0.3, -0.25) is 4.79 Å². The van der Waals surface area contributed by atoms with E-state index in [0.29, 0.717) is 5.78 Å². The lowest BCUT2D eigenvalue weighted by Crippen LogP contribution is -2.38. The third kappa shape index (κ3) is 2.03. The van der Waals surface area contributed by atoms with E-state index >= 15 is 0 Å². The van der Waals surface area contributed by atoms with Gasteiger partial charge in [0, 0.05) is 5.41 Å². The first kappa shape index (κ1) is 8.72. The molecule has 1 aliphatic rings. The number of ketones is 1. The van der Waals surface area contributed by atoms with Crippen molar-refractivity contribution >= 4 is 5.78 Å². The fourth-order valence-corrected chi connectivity index (χ4v) is 1.43. The second kappa shape index (κ2) is 2.94. The number of hydrogen-bond acceptors (Lipinski definition) is 2. The molecule has 0 spiro atoms. The molecule has 0 aromatic heterocycles. The number of Topliss-reactive ketones (excluding diaryl/α,β-unsaturated/α-hetero) is 1. The summed E-state index contributed by atoms with van der Waals surface area (Å²) in [5, 5.41) is 3.21. The van der Waals surface area contributed by atoms with Crippen LogP contribution in [-0.4, -0.2) is 18.4 Å². The lowest BCUT2D eigenvalue weighted by molar-refractivity contribution is -0.128. The van der Waals surface area contributed by atoms with Gasteiger partial charge in [-0.05, 0) is 19.4 Å². The fraction of sp³-hybridized carbons (Fsp3) is 0.889. The summed E-state index contributed by atoms with van der Waals surface area (Å²) in [5.41, 5.74) is -0.179. The first-order valence-corrected chi connectivity index (χ1v) is 4.29. The van der Waals surface area contributed by atoms with Crippen molar-refractivity contribution in [1.82, 2.24) is 5.32 Å². The smallest absolute Gasteiger partial charge is 0.155 e. The van der Waals surface area contributed by atoms with E-state index in [0.717, 1.165) is 19.4 Å². The highest BCUT2D eigenvalue weighted by Crippen LogP contribution is 2.20. The molecule has 11 heavy (non-hydrogen) atoms. The van der Waals surface area contributed by atoms with Crippen LogP contribution in [-0.2, 0) is 4.79 Å². The Labute approximate surface area is 68.4 Å². The minimum atomic E-state index is -0.179. The molecule has 0 aromatic rings. The minimum absolute atomic E-state index is 0.134. The Balaban J connectivity index is 2.53.